The van der Waals surface area contributed by atoms with Crippen LogP contribution >= 0.6 is 22.9 Å². The molecule has 0 aliphatic carbocycles. The number of nitrogens with one attached hydrogen (secondary N) is 3. The fourth-order valence-corrected chi connectivity index (χ4v) is 3.99. The quantitative estimate of drug-likeness (QED) is 0.522. The summed E-state index contributed by atoms with van der Waals surface area (Å²) in [5, 5.41) is 7.24. The van der Waals surface area contributed by atoms with Crippen molar-refractivity contribution in [2.24, 2.45) is 0 Å². The van der Waals surface area contributed by atoms with Gasteiger partial charge < -0.3 is 10.6 Å². The van der Waals surface area contributed by atoms with Crippen LogP contribution in [0.1, 0.15) is 20.0 Å². The van der Waals surface area contributed by atoms with Gasteiger partial charge in [0.05, 0.1) is 22.4 Å². The van der Waals surface area contributed by atoms with Crippen molar-refractivity contribution in [3.8, 4) is 0 Å². The van der Waals surface area contributed by atoms with Crippen molar-refractivity contribution in [2.45, 2.75) is 0 Å². The van der Waals surface area contributed by atoms with Crippen LogP contribution in [-0.2, 0) is 10.0 Å². The third kappa shape index (κ3) is 6.05. The second kappa shape index (κ2) is 8.64. The van der Waals surface area contributed by atoms with Gasteiger partial charge in [0.25, 0.3) is 11.8 Å². The predicted molar refractivity (Wildman–Crippen MR) is 117 cm³/mol. The number of hydrogen-bond acceptors (Lipinski definition) is 5. The first-order valence-corrected chi connectivity index (χ1v) is 11.4. The number of para-hydroxylation sites is 1. The molecule has 10 heteroatoms. The van der Waals surface area contributed by atoms with Gasteiger partial charge in [-0.1, -0.05) is 29.8 Å². The van der Waals surface area contributed by atoms with Crippen LogP contribution in [0.25, 0.3) is 0 Å². The Morgan fingerprint density at radius 2 is 1.55 bits per heavy atom. The lowest BCUT2D eigenvalue weighted by Gasteiger charge is -2.09. The molecule has 0 aliphatic rings. The van der Waals surface area contributed by atoms with Crippen molar-refractivity contribution >= 4 is 61.8 Å². The molecule has 3 N–H and O–H groups in total. The van der Waals surface area contributed by atoms with E-state index in [4.69, 9.17) is 11.6 Å². The minimum absolute atomic E-state index is 0.226. The van der Waals surface area contributed by atoms with Gasteiger partial charge in [-0.3, -0.25) is 14.3 Å². The van der Waals surface area contributed by atoms with Gasteiger partial charge >= 0.3 is 0 Å². The summed E-state index contributed by atoms with van der Waals surface area (Å²) in [6.45, 7) is 0. The van der Waals surface area contributed by atoms with Crippen molar-refractivity contribution in [1.82, 2.24) is 0 Å². The van der Waals surface area contributed by atoms with Crippen molar-refractivity contribution in [2.75, 3.05) is 21.6 Å². The monoisotopic (exact) mass is 449 g/mol. The maximum absolute atomic E-state index is 12.5. The first-order valence-electron chi connectivity index (χ1n) is 8.24. The molecule has 0 bridgehead atoms. The number of rotatable bonds is 6. The van der Waals surface area contributed by atoms with Gasteiger partial charge in [-0.15, -0.1) is 11.3 Å². The molecule has 3 aromatic rings. The van der Waals surface area contributed by atoms with Gasteiger partial charge in [-0.2, -0.15) is 0 Å². The minimum Gasteiger partial charge on any atom is -0.322 e. The number of benzene rings is 2. The molecular weight excluding hydrogens is 434 g/mol. The number of halogens is 1. The van der Waals surface area contributed by atoms with Crippen molar-refractivity contribution in [3.05, 3.63) is 75.4 Å². The fraction of sp³-hybridized carbons (Fsp3) is 0.0526. The summed E-state index contributed by atoms with van der Waals surface area (Å²) >= 11 is 7.11. The summed E-state index contributed by atoms with van der Waals surface area (Å²) in [4.78, 5) is 25.1. The standard InChI is InChI=1S/C19H16ClN3O4S2/c1-29(26,27)23-16-9-13(20)8-15(10-16)22-19(25)17-7-12(11-28-17)18(24)21-14-5-3-2-4-6-14/h2-11,23H,1H3,(H,21,24)(H,22,25). The zero-order valence-corrected chi connectivity index (χ0v) is 17.5. The number of amides is 2. The van der Waals surface area contributed by atoms with E-state index in [0.717, 1.165) is 17.6 Å². The predicted octanol–water partition coefficient (Wildman–Crippen LogP) is 4.28. The van der Waals surface area contributed by atoms with Crippen molar-refractivity contribution in [3.63, 3.8) is 0 Å². The summed E-state index contributed by atoms with van der Waals surface area (Å²) in [5.41, 5.74) is 1.55. The Morgan fingerprint density at radius 1 is 0.897 bits per heavy atom. The molecule has 0 atom stereocenters. The Bertz CT molecular complexity index is 1160. The molecule has 7 nitrogen and oxygen atoms in total. The van der Waals surface area contributed by atoms with Gasteiger partial charge in [0, 0.05) is 21.8 Å². The molecule has 0 unspecified atom stereocenters. The lowest BCUT2D eigenvalue weighted by Crippen LogP contribution is -2.13. The third-order valence-corrected chi connectivity index (χ3v) is 5.33. The molecule has 29 heavy (non-hydrogen) atoms. The molecule has 2 amide bonds. The van der Waals surface area contributed by atoms with Crippen molar-refractivity contribution < 1.29 is 18.0 Å². The van der Waals surface area contributed by atoms with Gasteiger partial charge in [-0.25, -0.2) is 8.42 Å². The lowest BCUT2D eigenvalue weighted by atomic mass is 10.2. The smallest absolute Gasteiger partial charge is 0.265 e. The number of carbonyl (C=O) groups is 2. The van der Waals surface area contributed by atoms with Gasteiger partial charge in [-0.05, 0) is 36.4 Å². The summed E-state index contributed by atoms with van der Waals surface area (Å²) in [6, 6.07) is 14.8. The first kappa shape index (κ1) is 20.8. The number of carbonyl (C=O) groups excluding carboxylic acids is 2. The molecule has 0 saturated heterocycles. The van der Waals surface area contributed by atoms with Crippen molar-refractivity contribution in [1.29, 1.82) is 0 Å². The molecule has 2 aromatic carbocycles. The molecule has 1 aromatic heterocycles. The normalized spacial score (nSPS) is 11.0. The Labute approximate surface area is 176 Å². The zero-order valence-electron chi connectivity index (χ0n) is 15.1. The maximum atomic E-state index is 12.5. The minimum atomic E-state index is -3.49. The molecule has 0 spiro atoms. The molecule has 0 radical (unpaired) electrons. The van der Waals surface area contributed by atoms with E-state index in [1.54, 1.807) is 29.6 Å². The number of thiophene rings is 1. The topological polar surface area (TPSA) is 104 Å². The van der Waals surface area contributed by atoms with Crippen LogP contribution in [0.4, 0.5) is 17.1 Å². The van der Waals surface area contributed by atoms with E-state index in [1.165, 1.54) is 24.3 Å². The van der Waals surface area contributed by atoms with Gasteiger partial charge in [0.2, 0.25) is 10.0 Å². The van der Waals surface area contributed by atoms with E-state index in [2.05, 4.69) is 15.4 Å². The molecule has 1 heterocycles. The molecule has 0 saturated carbocycles. The van der Waals surface area contributed by atoms with E-state index in [9.17, 15) is 18.0 Å². The van der Waals surface area contributed by atoms with E-state index >= 15 is 0 Å². The second-order valence-electron chi connectivity index (χ2n) is 6.08. The highest BCUT2D eigenvalue weighted by atomic mass is 35.5. The number of hydrogen-bond donors (Lipinski definition) is 3. The van der Waals surface area contributed by atoms with E-state index < -0.39 is 15.9 Å². The van der Waals surface area contributed by atoms with Crippen LogP contribution in [-0.4, -0.2) is 26.5 Å². The third-order valence-electron chi connectivity index (χ3n) is 3.58. The van der Waals surface area contributed by atoms with Crippen LogP contribution in [0, 0.1) is 0 Å². The highest BCUT2D eigenvalue weighted by Crippen LogP contribution is 2.25. The summed E-state index contributed by atoms with van der Waals surface area (Å²) in [5.74, 6) is -0.768. The number of sulfonamides is 1. The largest absolute Gasteiger partial charge is 0.322 e. The van der Waals surface area contributed by atoms with Gasteiger partial charge in [0.1, 0.15) is 0 Å². The summed E-state index contributed by atoms with van der Waals surface area (Å²) in [6.07, 6.45) is 1.01. The number of anilines is 3. The average Bonchev–Trinajstić information content (AvgIpc) is 3.11. The lowest BCUT2D eigenvalue weighted by molar-refractivity contribution is 0.102. The average molecular weight is 450 g/mol. The second-order valence-corrected chi connectivity index (χ2v) is 9.17. The Hall–Kier alpha value is -2.88. The molecule has 150 valence electrons. The summed E-state index contributed by atoms with van der Waals surface area (Å²) < 4.78 is 25.1. The van der Waals surface area contributed by atoms with Crippen LogP contribution in [0.15, 0.2) is 60.0 Å². The fourth-order valence-electron chi connectivity index (χ4n) is 2.43. The van der Waals surface area contributed by atoms with E-state index in [0.29, 0.717) is 21.8 Å². The molecule has 0 aliphatic heterocycles. The highest BCUT2D eigenvalue weighted by molar-refractivity contribution is 7.92. The van der Waals surface area contributed by atoms with Gasteiger partial charge in [0.15, 0.2) is 0 Å². The first-order chi connectivity index (χ1) is 13.7. The van der Waals surface area contributed by atoms with Crippen LogP contribution in [0.2, 0.25) is 5.02 Å². The highest BCUT2D eigenvalue weighted by Gasteiger charge is 2.15. The SMILES string of the molecule is CS(=O)(=O)Nc1cc(Cl)cc(NC(=O)c2cc(C(=O)Nc3ccccc3)cs2)c1. The zero-order chi connectivity index (χ0) is 21.0. The Kier molecular flexibility index (Phi) is 6.21. The molecule has 3 rings (SSSR count). The molecular formula is C19H16ClN3O4S2. The van der Waals surface area contributed by atoms with Crippen LogP contribution in [0.3, 0.4) is 0 Å². The van der Waals surface area contributed by atoms with Crippen LogP contribution in [0.5, 0.6) is 0 Å². The Morgan fingerprint density at radius 3 is 2.24 bits per heavy atom. The van der Waals surface area contributed by atoms with E-state index in [-0.39, 0.29) is 16.6 Å². The Balaban J connectivity index is 1.71. The molecule has 0 fully saturated rings. The summed E-state index contributed by atoms with van der Waals surface area (Å²) in [7, 11) is -3.49. The maximum Gasteiger partial charge on any atom is 0.265 e. The van der Waals surface area contributed by atoms with E-state index in [1.807, 2.05) is 6.07 Å². The van der Waals surface area contributed by atoms with Crippen LogP contribution < -0.4 is 15.4 Å².